The second-order valence-electron chi connectivity index (χ2n) is 7.18. The number of aryl methyl sites for hydroxylation is 2. The smallest absolute Gasteiger partial charge is 0.228 e. The molecule has 0 saturated heterocycles. The lowest BCUT2D eigenvalue weighted by Crippen LogP contribution is -2.15. The van der Waals surface area contributed by atoms with Crippen molar-refractivity contribution >= 4 is 34.5 Å². The van der Waals surface area contributed by atoms with E-state index in [1.54, 1.807) is 0 Å². The molecule has 0 bridgehead atoms. The average molecular weight is 437 g/mol. The summed E-state index contributed by atoms with van der Waals surface area (Å²) < 4.78 is 1.81. The van der Waals surface area contributed by atoms with E-state index < -0.39 is 0 Å². The number of carbonyl (C=O) groups excluding carboxylic acids is 1. The molecular weight excluding hydrogens is 416 g/mol. The molecule has 0 aliphatic heterocycles. The molecule has 5 nitrogen and oxygen atoms in total. The fourth-order valence-electron chi connectivity index (χ4n) is 3.32. The lowest BCUT2D eigenvalue weighted by molar-refractivity contribution is -0.115. The van der Waals surface area contributed by atoms with Gasteiger partial charge in [-0.2, -0.15) is 5.10 Å². The number of carbonyl (C=O) groups is 1. The Bertz CT molecular complexity index is 1210. The first kappa shape index (κ1) is 20.3. The average Bonchev–Trinajstić information content (AvgIpc) is 3.29. The van der Waals surface area contributed by atoms with Crippen molar-refractivity contribution in [3.8, 4) is 16.4 Å². The van der Waals surface area contributed by atoms with Crippen molar-refractivity contribution in [2.24, 2.45) is 0 Å². The minimum atomic E-state index is -0.0626. The Morgan fingerprint density at radius 1 is 1.13 bits per heavy atom. The lowest BCUT2D eigenvalue weighted by Gasteiger charge is -2.06. The summed E-state index contributed by atoms with van der Waals surface area (Å²) in [7, 11) is 0. The van der Waals surface area contributed by atoms with E-state index in [1.807, 2.05) is 79.4 Å². The van der Waals surface area contributed by atoms with Crippen LogP contribution in [0.2, 0.25) is 5.02 Å². The van der Waals surface area contributed by atoms with Gasteiger partial charge < -0.3 is 5.32 Å². The van der Waals surface area contributed by atoms with E-state index in [0.717, 1.165) is 44.6 Å². The number of aromatic nitrogens is 3. The Morgan fingerprint density at radius 2 is 1.90 bits per heavy atom. The summed E-state index contributed by atoms with van der Waals surface area (Å²) in [5.41, 5.74) is 6.45. The molecule has 0 atom stereocenters. The van der Waals surface area contributed by atoms with Gasteiger partial charge in [-0.05, 0) is 50.6 Å². The van der Waals surface area contributed by atoms with Gasteiger partial charge in [-0.1, -0.05) is 35.9 Å². The van der Waals surface area contributed by atoms with Crippen molar-refractivity contribution in [2.75, 3.05) is 5.32 Å². The third kappa shape index (κ3) is 4.30. The van der Waals surface area contributed by atoms with Crippen LogP contribution in [0, 0.1) is 20.8 Å². The number of anilines is 1. The van der Waals surface area contributed by atoms with Gasteiger partial charge in [0, 0.05) is 32.9 Å². The number of halogens is 1. The topological polar surface area (TPSA) is 59.8 Å². The van der Waals surface area contributed by atoms with Crippen LogP contribution in [-0.2, 0) is 11.2 Å². The zero-order valence-corrected chi connectivity index (χ0v) is 18.5. The van der Waals surface area contributed by atoms with E-state index in [0.29, 0.717) is 5.02 Å². The number of amides is 1. The molecule has 2 heterocycles. The predicted molar refractivity (Wildman–Crippen MR) is 123 cm³/mol. The number of thiazole rings is 1. The summed E-state index contributed by atoms with van der Waals surface area (Å²) in [5, 5.41) is 11.1. The van der Waals surface area contributed by atoms with Crippen LogP contribution in [-0.4, -0.2) is 20.7 Å². The molecule has 2 aromatic heterocycles. The number of hydrogen-bond donors (Lipinski definition) is 1. The van der Waals surface area contributed by atoms with E-state index >= 15 is 0 Å². The molecule has 2 aromatic carbocycles. The maximum atomic E-state index is 12.6. The number of hydrogen-bond acceptors (Lipinski definition) is 4. The third-order valence-corrected chi connectivity index (χ3v) is 5.96. The highest BCUT2D eigenvalue weighted by atomic mass is 35.5. The molecule has 0 saturated carbocycles. The monoisotopic (exact) mass is 436 g/mol. The molecule has 1 amide bonds. The Balaban J connectivity index is 1.55. The van der Waals surface area contributed by atoms with Gasteiger partial charge in [0.2, 0.25) is 11.0 Å². The van der Waals surface area contributed by atoms with Gasteiger partial charge in [0.05, 0.1) is 17.8 Å². The summed E-state index contributed by atoms with van der Waals surface area (Å²) in [6.07, 6.45) is 0.265. The molecule has 0 spiro atoms. The first-order valence-electron chi connectivity index (χ1n) is 9.54. The third-order valence-electron chi connectivity index (χ3n) is 4.89. The minimum Gasteiger partial charge on any atom is -0.326 e. The molecule has 7 heteroatoms. The van der Waals surface area contributed by atoms with Gasteiger partial charge >= 0.3 is 0 Å². The standard InChI is InChI=1S/C23H21ClN4OS/c1-14-5-4-6-19(11-14)25-22(29)12-20-15(2)27-28(16(20)3)23-26-21(13-30-23)17-7-9-18(24)10-8-17/h4-11,13H,12H2,1-3H3,(H,25,29). The number of benzene rings is 2. The summed E-state index contributed by atoms with van der Waals surface area (Å²) in [6, 6.07) is 15.4. The van der Waals surface area contributed by atoms with Crippen molar-refractivity contribution < 1.29 is 4.79 Å². The number of rotatable bonds is 5. The van der Waals surface area contributed by atoms with Crippen molar-refractivity contribution in [2.45, 2.75) is 27.2 Å². The van der Waals surface area contributed by atoms with Crippen LogP contribution in [0.15, 0.2) is 53.9 Å². The molecule has 0 unspecified atom stereocenters. The van der Waals surface area contributed by atoms with E-state index in [4.69, 9.17) is 16.6 Å². The van der Waals surface area contributed by atoms with E-state index in [9.17, 15) is 4.79 Å². The second kappa shape index (κ2) is 8.42. The van der Waals surface area contributed by atoms with E-state index in [2.05, 4.69) is 10.4 Å². The fraction of sp³-hybridized carbons (Fsp3) is 0.174. The fourth-order valence-corrected chi connectivity index (χ4v) is 4.28. The van der Waals surface area contributed by atoms with E-state index in [-0.39, 0.29) is 12.3 Å². The normalized spacial score (nSPS) is 10.9. The maximum Gasteiger partial charge on any atom is 0.228 e. The van der Waals surface area contributed by atoms with Gasteiger partial charge in [0.1, 0.15) is 0 Å². The van der Waals surface area contributed by atoms with Gasteiger partial charge in [-0.15, -0.1) is 11.3 Å². The SMILES string of the molecule is Cc1cccc(NC(=O)Cc2c(C)nn(-c3nc(-c4ccc(Cl)cc4)cs3)c2C)c1. The van der Waals surface area contributed by atoms with Crippen molar-refractivity contribution in [3.63, 3.8) is 0 Å². The van der Waals surface area contributed by atoms with Crippen LogP contribution >= 0.6 is 22.9 Å². The molecule has 4 aromatic rings. The summed E-state index contributed by atoms with van der Waals surface area (Å²) in [6.45, 7) is 5.89. The molecule has 4 rings (SSSR count). The number of nitrogens with zero attached hydrogens (tertiary/aromatic N) is 3. The second-order valence-corrected chi connectivity index (χ2v) is 8.45. The van der Waals surface area contributed by atoms with Crippen LogP contribution in [0.3, 0.4) is 0 Å². The van der Waals surface area contributed by atoms with Crippen LogP contribution in [0.5, 0.6) is 0 Å². The molecule has 30 heavy (non-hydrogen) atoms. The van der Waals surface area contributed by atoms with Crippen molar-refractivity contribution in [3.05, 3.63) is 81.4 Å². The quantitative estimate of drug-likeness (QED) is 0.433. The van der Waals surface area contributed by atoms with Gasteiger partial charge in [-0.3, -0.25) is 4.79 Å². The van der Waals surface area contributed by atoms with Crippen molar-refractivity contribution in [1.29, 1.82) is 0 Å². The van der Waals surface area contributed by atoms with Gasteiger partial charge in [-0.25, -0.2) is 9.67 Å². The van der Waals surface area contributed by atoms with Crippen LogP contribution in [0.25, 0.3) is 16.4 Å². The predicted octanol–water partition coefficient (Wildman–Crippen LogP) is 5.76. The Kier molecular flexibility index (Phi) is 5.70. The Labute approximate surface area is 184 Å². The number of nitrogens with one attached hydrogen (secondary N) is 1. The molecule has 152 valence electrons. The summed E-state index contributed by atoms with van der Waals surface area (Å²) in [5.74, 6) is -0.0626. The first-order chi connectivity index (χ1) is 14.4. The molecule has 0 aliphatic carbocycles. The zero-order valence-electron chi connectivity index (χ0n) is 16.9. The van der Waals surface area contributed by atoms with E-state index in [1.165, 1.54) is 11.3 Å². The highest BCUT2D eigenvalue weighted by Crippen LogP contribution is 2.27. The largest absolute Gasteiger partial charge is 0.326 e. The first-order valence-corrected chi connectivity index (χ1v) is 10.8. The van der Waals surface area contributed by atoms with Gasteiger partial charge in [0.25, 0.3) is 0 Å². The Morgan fingerprint density at radius 3 is 2.63 bits per heavy atom. The zero-order chi connectivity index (χ0) is 21.3. The molecule has 0 aliphatic rings. The molecule has 0 radical (unpaired) electrons. The summed E-state index contributed by atoms with van der Waals surface area (Å²) >= 11 is 7.49. The van der Waals surface area contributed by atoms with Gasteiger partial charge in [0.15, 0.2) is 0 Å². The maximum absolute atomic E-state index is 12.6. The van der Waals surface area contributed by atoms with Crippen molar-refractivity contribution in [1.82, 2.24) is 14.8 Å². The van der Waals surface area contributed by atoms with Crippen LogP contribution < -0.4 is 5.32 Å². The highest BCUT2D eigenvalue weighted by Gasteiger charge is 2.18. The lowest BCUT2D eigenvalue weighted by atomic mass is 10.1. The Hall–Kier alpha value is -2.96. The molecule has 0 fully saturated rings. The van der Waals surface area contributed by atoms with Crippen LogP contribution in [0.4, 0.5) is 5.69 Å². The highest BCUT2D eigenvalue weighted by molar-refractivity contribution is 7.12. The molecule has 1 N–H and O–H groups in total. The molecular formula is C23H21ClN4OS. The van der Waals surface area contributed by atoms with Crippen LogP contribution in [0.1, 0.15) is 22.5 Å². The minimum absolute atomic E-state index is 0.0626. The summed E-state index contributed by atoms with van der Waals surface area (Å²) in [4.78, 5) is 17.3.